The molecular formula is C18H17ClN2O2S. The predicted octanol–water partition coefficient (Wildman–Crippen LogP) is 5.00. The standard InChI is InChI=1S/C18H17ClN2O2S/c1-22-16-4-2-3-14(11-21-18-20-9-10-24-18)17(16)23-12-13-5-7-15(19)8-6-13/h2-10H,11-12H2,1H3,(H,20,21). The Bertz CT molecular complexity index is 776. The maximum Gasteiger partial charge on any atom is 0.182 e. The molecule has 0 aliphatic heterocycles. The van der Waals surface area contributed by atoms with E-state index in [4.69, 9.17) is 21.1 Å². The van der Waals surface area contributed by atoms with Gasteiger partial charge in [-0.05, 0) is 23.8 Å². The summed E-state index contributed by atoms with van der Waals surface area (Å²) in [7, 11) is 1.64. The number of rotatable bonds is 7. The summed E-state index contributed by atoms with van der Waals surface area (Å²) >= 11 is 7.48. The van der Waals surface area contributed by atoms with Crippen LogP contribution in [0.2, 0.25) is 5.02 Å². The SMILES string of the molecule is COc1cccc(CNc2nccs2)c1OCc1ccc(Cl)cc1. The van der Waals surface area contributed by atoms with Gasteiger partial charge in [0, 0.05) is 28.7 Å². The highest BCUT2D eigenvalue weighted by Gasteiger charge is 2.11. The lowest BCUT2D eigenvalue weighted by Crippen LogP contribution is -2.05. The molecule has 1 aromatic heterocycles. The van der Waals surface area contributed by atoms with Gasteiger partial charge in [-0.2, -0.15) is 0 Å². The fourth-order valence-electron chi connectivity index (χ4n) is 2.24. The first kappa shape index (κ1) is 16.6. The summed E-state index contributed by atoms with van der Waals surface area (Å²) in [6.45, 7) is 1.06. The number of methoxy groups -OCH3 is 1. The quantitative estimate of drug-likeness (QED) is 0.644. The third-order valence-electron chi connectivity index (χ3n) is 3.44. The topological polar surface area (TPSA) is 43.4 Å². The van der Waals surface area contributed by atoms with Gasteiger partial charge in [0.15, 0.2) is 16.6 Å². The molecule has 1 N–H and O–H groups in total. The smallest absolute Gasteiger partial charge is 0.182 e. The van der Waals surface area contributed by atoms with E-state index in [1.807, 2.05) is 47.8 Å². The molecule has 3 aromatic rings. The molecule has 0 amide bonds. The van der Waals surface area contributed by atoms with E-state index in [0.717, 1.165) is 22.0 Å². The molecule has 0 unspecified atom stereocenters. The zero-order valence-electron chi connectivity index (χ0n) is 13.2. The molecule has 0 bridgehead atoms. The number of ether oxygens (including phenoxy) is 2. The molecule has 0 atom stereocenters. The Labute approximate surface area is 150 Å². The highest BCUT2D eigenvalue weighted by atomic mass is 35.5. The summed E-state index contributed by atoms with van der Waals surface area (Å²) in [5.41, 5.74) is 2.06. The number of aromatic nitrogens is 1. The molecule has 2 aromatic carbocycles. The number of para-hydroxylation sites is 1. The van der Waals surface area contributed by atoms with Crippen molar-refractivity contribution in [3.8, 4) is 11.5 Å². The molecule has 24 heavy (non-hydrogen) atoms. The maximum atomic E-state index is 6.03. The first-order valence-corrected chi connectivity index (χ1v) is 8.68. The Morgan fingerprint density at radius 2 is 2.00 bits per heavy atom. The normalized spacial score (nSPS) is 10.4. The molecule has 4 nitrogen and oxygen atoms in total. The van der Waals surface area contributed by atoms with Gasteiger partial charge in [-0.1, -0.05) is 35.9 Å². The second kappa shape index (κ2) is 8.04. The van der Waals surface area contributed by atoms with Crippen molar-refractivity contribution in [2.24, 2.45) is 0 Å². The monoisotopic (exact) mass is 360 g/mol. The number of halogens is 1. The summed E-state index contributed by atoms with van der Waals surface area (Å²) < 4.78 is 11.5. The number of nitrogens with one attached hydrogen (secondary N) is 1. The van der Waals surface area contributed by atoms with Crippen LogP contribution in [0.25, 0.3) is 0 Å². The van der Waals surface area contributed by atoms with Gasteiger partial charge in [-0.3, -0.25) is 0 Å². The van der Waals surface area contributed by atoms with Crippen LogP contribution in [0, 0.1) is 0 Å². The molecule has 0 saturated heterocycles. The molecule has 0 spiro atoms. The van der Waals surface area contributed by atoms with Crippen molar-refractivity contribution >= 4 is 28.1 Å². The Morgan fingerprint density at radius 1 is 1.17 bits per heavy atom. The van der Waals surface area contributed by atoms with Gasteiger partial charge < -0.3 is 14.8 Å². The summed E-state index contributed by atoms with van der Waals surface area (Å²) in [5.74, 6) is 1.45. The second-order valence-corrected chi connectivity index (χ2v) is 6.39. The van der Waals surface area contributed by atoms with Gasteiger partial charge in [0.25, 0.3) is 0 Å². The number of nitrogens with zero attached hydrogens (tertiary/aromatic N) is 1. The lowest BCUT2D eigenvalue weighted by atomic mass is 10.1. The van der Waals surface area contributed by atoms with Gasteiger partial charge >= 0.3 is 0 Å². The van der Waals surface area contributed by atoms with Gasteiger partial charge in [0.2, 0.25) is 0 Å². The van der Waals surface area contributed by atoms with Crippen molar-refractivity contribution in [3.05, 3.63) is 70.2 Å². The summed E-state index contributed by atoms with van der Waals surface area (Å²) in [6.07, 6.45) is 1.77. The average Bonchev–Trinajstić information content (AvgIpc) is 3.13. The van der Waals surface area contributed by atoms with E-state index < -0.39 is 0 Å². The van der Waals surface area contributed by atoms with Crippen LogP contribution in [0.4, 0.5) is 5.13 Å². The van der Waals surface area contributed by atoms with E-state index in [1.54, 1.807) is 24.6 Å². The minimum atomic E-state index is 0.446. The van der Waals surface area contributed by atoms with Crippen LogP contribution in [0.1, 0.15) is 11.1 Å². The van der Waals surface area contributed by atoms with Crippen LogP contribution in [-0.4, -0.2) is 12.1 Å². The highest BCUT2D eigenvalue weighted by Crippen LogP contribution is 2.32. The van der Waals surface area contributed by atoms with Crippen LogP contribution in [0.3, 0.4) is 0 Å². The zero-order chi connectivity index (χ0) is 16.8. The Morgan fingerprint density at radius 3 is 2.71 bits per heavy atom. The van der Waals surface area contributed by atoms with Gasteiger partial charge in [-0.15, -0.1) is 11.3 Å². The molecule has 0 saturated carbocycles. The fraction of sp³-hybridized carbons (Fsp3) is 0.167. The number of hydrogen-bond acceptors (Lipinski definition) is 5. The van der Waals surface area contributed by atoms with Crippen molar-refractivity contribution in [1.29, 1.82) is 0 Å². The Balaban J connectivity index is 1.75. The largest absolute Gasteiger partial charge is 0.493 e. The molecule has 124 valence electrons. The van der Waals surface area contributed by atoms with Crippen molar-refractivity contribution < 1.29 is 9.47 Å². The summed E-state index contributed by atoms with van der Waals surface area (Å²) in [4.78, 5) is 4.23. The minimum absolute atomic E-state index is 0.446. The maximum absolute atomic E-state index is 6.03. The molecule has 0 fully saturated rings. The van der Waals surface area contributed by atoms with Gasteiger partial charge in [0.05, 0.1) is 7.11 Å². The van der Waals surface area contributed by atoms with Crippen molar-refractivity contribution in [3.63, 3.8) is 0 Å². The molecule has 0 radical (unpaired) electrons. The number of benzene rings is 2. The van der Waals surface area contributed by atoms with Crippen molar-refractivity contribution in [2.45, 2.75) is 13.2 Å². The van der Waals surface area contributed by atoms with E-state index >= 15 is 0 Å². The summed E-state index contributed by atoms with van der Waals surface area (Å²) in [6, 6.07) is 13.5. The van der Waals surface area contributed by atoms with Crippen LogP contribution in [0.5, 0.6) is 11.5 Å². The molecule has 6 heteroatoms. The molecule has 1 heterocycles. The molecule has 0 aliphatic rings. The average molecular weight is 361 g/mol. The van der Waals surface area contributed by atoms with Crippen LogP contribution >= 0.6 is 22.9 Å². The van der Waals surface area contributed by atoms with Crippen molar-refractivity contribution in [1.82, 2.24) is 4.98 Å². The van der Waals surface area contributed by atoms with Crippen LogP contribution in [-0.2, 0) is 13.2 Å². The lowest BCUT2D eigenvalue weighted by Gasteiger charge is -2.15. The van der Waals surface area contributed by atoms with Gasteiger partial charge in [0.1, 0.15) is 6.61 Å². The van der Waals surface area contributed by atoms with E-state index in [2.05, 4.69) is 10.3 Å². The third kappa shape index (κ3) is 4.19. The predicted molar refractivity (Wildman–Crippen MR) is 98.2 cm³/mol. The van der Waals surface area contributed by atoms with E-state index in [9.17, 15) is 0 Å². The van der Waals surface area contributed by atoms with Gasteiger partial charge in [-0.25, -0.2) is 4.98 Å². The van der Waals surface area contributed by atoms with E-state index in [0.29, 0.717) is 23.9 Å². The lowest BCUT2D eigenvalue weighted by molar-refractivity contribution is 0.281. The van der Waals surface area contributed by atoms with E-state index in [1.165, 1.54) is 0 Å². The van der Waals surface area contributed by atoms with Crippen LogP contribution < -0.4 is 14.8 Å². The fourth-order valence-corrected chi connectivity index (χ4v) is 2.90. The number of thiazole rings is 1. The summed E-state index contributed by atoms with van der Waals surface area (Å²) in [5, 5.41) is 6.82. The Hall–Kier alpha value is -2.24. The number of anilines is 1. The molecule has 3 rings (SSSR count). The minimum Gasteiger partial charge on any atom is -0.493 e. The first-order chi connectivity index (χ1) is 11.8. The van der Waals surface area contributed by atoms with E-state index in [-0.39, 0.29) is 0 Å². The molecule has 0 aliphatic carbocycles. The number of hydrogen-bond donors (Lipinski definition) is 1. The first-order valence-electron chi connectivity index (χ1n) is 7.43. The van der Waals surface area contributed by atoms with Crippen molar-refractivity contribution in [2.75, 3.05) is 12.4 Å². The highest BCUT2D eigenvalue weighted by molar-refractivity contribution is 7.13. The second-order valence-electron chi connectivity index (χ2n) is 5.05. The van der Waals surface area contributed by atoms with Crippen LogP contribution in [0.15, 0.2) is 54.0 Å². The Kier molecular flexibility index (Phi) is 5.56. The zero-order valence-corrected chi connectivity index (χ0v) is 14.7. The third-order valence-corrected chi connectivity index (χ3v) is 4.42. The molecular weight excluding hydrogens is 344 g/mol.